The Morgan fingerprint density at radius 2 is 1.96 bits per heavy atom. The number of aromatic nitrogens is 4. The van der Waals surface area contributed by atoms with Gasteiger partial charge in [0.1, 0.15) is 0 Å². The molecule has 1 fully saturated rings. The highest BCUT2D eigenvalue weighted by Gasteiger charge is 2.25. The van der Waals surface area contributed by atoms with Gasteiger partial charge in [0.05, 0.1) is 17.9 Å². The summed E-state index contributed by atoms with van der Waals surface area (Å²) in [7, 11) is 0. The molecule has 0 spiro atoms. The van der Waals surface area contributed by atoms with Crippen molar-refractivity contribution in [3.05, 3.63) is 66.7 Å². The average molecular weight is 307 g/mol. The summed E-state index contributed by atoms with van der Waals surface area (Å²) in [5.74, 6) is 0. The van der Waals surface area contributed by atoms with Crippen LogP contribution < -0.4 is 0 Å². The maximum absolute atomic E-state index is 4.73. The summed E-state index contributed by atoms with van der Waals surface area (Å²) in [4.78, 5) is 2.53. The smallest absolute Gasteiger partial charge is 0.0769 e. The fraction of sp³-hybridized carbons (Fsp3) is 0.333. The molecule has 118 valence electrons. The molecule has 0 N–H and O–H groups in total. The summed E-state index contributed by atoms with van der Waals surface area (Å²) < 4.78 is 3.99. The maximum atomic E-state index is 4.73. The fourth-order valence-electron chi connectivity index (χ4n) is 3.31. The molecule has 5 nitrogen and oxygen atoms in total. The van der Waals surface area contributed by atoms with Gasteiger partial charge in [-0.05, 0) is 43.7 Å². The van der Waals surface area contributed by atoms with Crippen molar-refractivity contribution >= 4 is 0 Å². The SMILES string of the molecule is c1ccc(-n2ccc(CN3CCCC3Cn3cccn3)n2)cc1. The molecular weight excluding hydrogens is 286 g/mol. The van der Waals surface area contributed by atoms with E-state index in [0.717, 1.165) is 31.0 Å². The van der Waals surface area contributed by atoms with Crippen LogP contribution in [0.4, 0.5) is 0 Å². The Labute approximate surface area is 136 Å². The van der Waals surface area contributed by atoms with Gasteiger partial charge in [0, 0.05) is 31.2 Å². The van der Waals surface area contributed by atoms with Gasteiger partial charge >= 0.3 is 0 Å². The lowest BCUT2D eigenvalue weighted by Gasteiger charge is -2.23. The van der Waals surface area contributed by atoms with E-state index in [9.17, 15) is 0 Å². The quantitative estimate of drug-likeness (QED) is 0.727. The second-order valence-corrected chi connectivity index (χ2v) is 6.08. The van der Waals surface area contributed by atoms with Gasteiger partial charge in [-0.15, -0.1) is 0 Å². The van der Waals surface area contributed by atoms with Crippen molar-refractivity contribution in [2.45, 2.75) is 32.0 Å². The standard InChI is InChI=1S/C18H21N5/c1-2-6-17(7-3-1)23-13-9-16(20-23)14-21-11-4-8-18(21)15-22-12-5-10-19-22/h1-3,5-7,9-10,12-13,18H,4,8,11,14-15H2. The number of nitrogens with zero attached hydrogens (tertiary/aromatic N) is 5. The lowest BCUT2D eigenvalue weighted by atomic mass is 10.2. The van der Waals surface area contributed by atoms with Crippen molar-refractivity contribution in [1.29, 1.82) is 0 Å². The number of benzene rings is 1. The predicted molar refractivity (Wildman–Crippen MR) is 89.2 cm³/mol. The molecule has 1 saturated heterocycles. The van der Waals surface area contributed by atoms with Crippen molar-refractivity contribution in [2.75, 3.05) is 6.54 Å². The number of rotatable bonds is 5. The lowest BCUT2D eigenvalue weighted by Crippen LogP contribution is -2.32. The number of para-hydroxylation sites is 1. The first-order valence-electron chi connectivity index (χ1n) is 8.20. The highest BCUT2D eigenvalue weighted by Crippen LogP contribution is 2.21. The maximum Gasteiger partial charge on any atom is 0.0769 e. The predicted octanol–water partition coefficient (Wildman–Crippen LogP) is 2.73. The first kappa shape index (κ1) is 14.2. The Kier molecular flexibility index (Phi) is 3.94. The Morgan fingerprint density at radius 1 is 1.04 bits per heavy atom. The van der Waals surface area contributed by atoms with Gasteiger partial charge in [-0.1, -0.05) is 18.2 Å². The normalized spacial score (nSPS) is 18.5. The van der Waals surface area contributed by atoms with Crippen LogP contribution in [0.25, 0.3) is 5.69 Å². The van der Waals surface area contributed by atoms with Crippen LogP contribution in [0, 0.1) is 0 Å². The van der Waals surface area contributed by atoms with E-state index >= 15 is 0 Å². The van der Waals surface area contributed by atoms with Crippen LogP contribution in [0.3, 0.4) is 0 Å². The van der Waals surface area contributed by atoms with Crippen LogP contribution >= 0.6 is 0 Å². The van der Waals surface area contributed by atoms with Crippen LogP contribution in [0.2, 0.25) is 0 Å². The van der Waals surface area contributed by atoms with Crippen molar-refractivity contribution in [3.8, 4) is 5.69 Å². The molecule has 1 atom stereocenters. The minimum Gasteiger partial charge on any atom is -0.293 e. The third-order valence-electron chi connectivity index (χ3n) is 4.49. The number of likely N-dealkylation sites (tertiary alicyclic amines) is 1. The van der Waals surface area contributed by atoms with Crippen LogP contribution in [0.15, 0.2) is 61.1 Å². The molecule has 1 unspecified atom stereocenters. The molecule has 4 rings (SSSR count). The van der Waals surface area contributed by atoms with E-state index in [1.54, 1.807) is 0 Å². The second-order valence-electron chi connectivity index (χ2n) is 6.08. The third-order valence-corrected chi connectivity index (χ3v) is 4.49. The number of hydrogen-bond donors (Lipinski definition) is 0. The first-order chi connectivity index (χ1) is 11.4. The zero-order valence-electron chi connectivity index (χ0n) is 13.1. The third kappa shape index (κ3) is 3.19. The molecule has 0 radical (unpaired) electrons. The van der Waals surface area contributed by atoms with Gasteiger partial charge in [0.2, 0.25) is 0 Å². The number of hydrogen-bond acceptors (Lipinski definition) is 3. The van der Waals surface area contributed by atoms with E-state index in [-0.39, 0.29) is 0 Å². The minimum absolute atomic E-state index is 0.553. The average Bonchev–Trinajstić information content (AvgIpc) is 3.33. The Bertz CT molecular complexity index is 732. The summed E-state index contributed by atoms with van der Waals surface area (Å²) in [5.41, 5.74) is 2.23. The fourth-order valence-corrected chi connectivity index (χ4v) is 3.31. The largest absolute Gasteiger partial charge is 0.293 e. The summed E-state index contributed by atoms with van der Waals surface area (Å²) in [6, 6.07) is 14.9. The summed E-state index contributed by atoms with van der Waals surface area (Å²) in [5, 5.41) is 9.06. The van der Waals surface area contributed by atoms with E-state index in [2.05, 4.69) is 28.2 Å². The van der Waals surface area contributed by atoms with E-state index in [1.807, 2.05) is 52.2 Å². The van der Waals surface area contributed by atoms with E-state index < -0.39 is 0 Å². The van der Waals surface area contributed by atoms with Gasteiger partial charge in [0.25, 0.3) is 0 Å². The summed E-state index contributed by atoms with van der Waals surface area (Å²) in [6.07, 6.45) is 8.43. The topological polar surface area (TPSA) is 38.9 Å². The van der Waals surface area contributed by atoms with Crippen molar-refractivity contribution in [2.24, 2.45) is 0 Å². The highest BCUT2D eigenvalue weighted by atomic mass is 15.3. The van der Waals surface area contributed by atoms with E-state index in [1.165, 1.54) is 12.8 Å². The van der Waals surface area contributed by atoms with Crippen molar-refractivity contribution in [3.63, 3.8) is 0 Å². The van der Waals surface area contributed by atoms with Crippen molar-refractivity contribution in [1.82, 2.24) is 24.5 Å². The highest BCUT2D eigenvalue weighted by molar-refractivity contribution is 5.30. The monoisotopic (exact) mass is 307 g/mol. The van der Waals surface area contributed by atoms with Crippen LogP contribution in [-0.2, 0) is 13.1 Å². The van der Waals surface area contributed by atoms with Crippen LogP contribution in [0.1, 0.15) is 18.5 Å². The molecule has 0 saturated carbocycles. The molecule has 5 heteroatoms. The lowest BCUT2D eigenvalue weighted by molar-refractivity contribution is 0.216. The Balaban J connectivity index is 1.44. The second kappa shape index (κ2) is 6.38. The molecule has 3 heterocycles. The zero-order valence-corrected chi connectivity index (χ0v) is 13.1. The van der Waals surface area contributed by atoms with Crippen LogP contribution in [-0.4, -0.2) is 37.0 Å². The zero-order chi connectivity index (χ0) is 15.5. The summed E-state index contributed by atoms with van der Waals surface area (Å²) >= 11 is 0. The van der Waals surface area contributed by atoms with Gasteiger partial charge in [0.15, 0.2) is 0 Å². The molecule has 0 bridgehead atoms. The molecule has 23 heavy (non-hydrogen) atoms. The van der Waals surface area contributed by atoms with E-state index in [4.69, 9.17) is 5.10 Å². The molecule has 1 aliphatic heterocycles. The molecule has 1 aliphatic rings. The molecule has 0 amide bonds. The molecule has 2 aromatic heterocycles. The van der Waals surface area contributed by atoms with Crippen molar-refractivity contribution < 1.29 is 0 Å². The van der Waals surface area contributed by atoms with E-state index in [0.29, 0.717) is 6.04 Å². The molecular formula is C18H21N5. The van der Waals surface area contributed by atoms with Gasteiger partial charge in [-0.25, -0.2) is 4.68 Å². The van der Waals surface area contributed by atoms with Gasteiger partial charge in [-0.3, -0.25) is 9.58 Å². The Morgan fingerprint density at radius 3 is 2.78 bits per heavy atom. The van der Waals surface area contributed by atoms with Gasteiger partial charge in [-0.2, -0.15) is 10.2 Å². The molecule has 1 aromatic carbocycles. The molecule has 3 aromatic rings. The first-order valence-corrected chi connectivity index (χ1v) is 8.20. The van der Waals surface area contributed by atoms with Gasteiger partial charge < -0.3 is 0 Å². The van der Waals surface area contributed by atoms with Crippen LogP contribution in [0.5, 0.6) is 0 Å². The summed E-state index contributed by atoms with van der Waals surface area (Å²) in [6.45, 7) is 3.02. The molecule has 0 aliphatic carbocycles. The minimum atomic E-state index is 0.553. The Hall–Kier alpha value is -2.40.